The third-order valence-electron chi connectivity index (χ3n) is 2.49. The van der Waals surface area contributed by atoms with Gasteiger partial charge in [0.1, 0.15) is 5.82 Å². The van der Waals surface area contributed by atoms with Crippen LogP contribution >= 0.6 is 0 Å². The van der Waals surface area contributed by atoms with Crippen molar-refractivity contribution in [3.05, 3.63) is 35.1 Å². The average molecular weight is 208 g/mol. The van der Waals surface area contributed by atoms with Gasteiger partial charge in [-0.1, -0.05) is 11.6 Å². The first-order valence-corrected chi connectivity index (χ1v) is 5.10. The predicted octanol–water partition coefficient (Wildman–Crippen LogP) is 2.70. The molecular formula is C12H13FO2. The average Bonchev–Trinajstić information content (AvgIpc) is 3.02. The highest BCUT2D eigenvalue weighted by atomic mass is 19.1. The van der Waals surface area contributed by atoms with Crippen LogP contribution in [0.2, 0.25) is 0 Å². The third kappa shape index (κ3) is 2.55. The highest BCUT2D eigenvalue weighted by Gasteiger charge is 2.24. The third-order valence-corrected chi connectivity index (χ3v) is 2.49. The summed E-state index contributed by atoms with van der Waals surface area (Å²) in [5.41, 5.74) is 0.894. The lowest BCUT2D eigenvalue weighted by molar-refractivity contribution is 0.0480. The Balaban J connectivity index is 2.05. The Kier molecular flexibility index (Phi) is 2.71. The van der Waals surface area contributed by atoms with Crippen LogP contribution in [0.25, 0.3) is 0 Å². The highest BCUT2D eigenvalue weighted by molar-refractivity contribution is 5.89. The monoisotopic (exact) mass is 208 g/mol. The zero-order valence-electron chi connectivity index (χ0n) is 8.63. The lowest BCUT2D eigenvalue weighted by Crippen LogP contribution is -2.09. The molecule has 1 aliphatic rings. The second kappa shape index (κ2) is 4.01. The number of ether oxygens (including phenoxy) is 1. The summed E-state index contributed by atoms with van der Waals surface area (Å²) in [6.45, 7) is 2.24. The summed E-state index contributed by atoms with van der Waals surface area (Å²) in [5.74, 6) is -0.564. The van der Waals surface area contributed by atoms with Gasteiger partial charge in [0.15, 0.2) is 0 Å². The molecule has 1 fully saturated rings. The standard InChI is InChI=1S/C12H13FO2/c1-8-2-5-11(13)10(6-8)12(14)15-7-9-3-4-9/h2,5-6,9H,3-4,7H2,1H3. The Morgan fingerprint density at radius 2 is 2.27 bits per heavy atom. The maximum atomic E-state index is 13.3. The Labute approximate surface area is 88.1 Å². The smallest absolute Gasteiger partial charge is 0.341 e. The van der Waals surface area contributed by atoms with Crippen LogP contribution < -0.4 is 0 Å². The molecule has 0 heterocycles. The molecule has 0 atom stereocenters. The Morgan fingerprint density at radius 1 is 1.53 bits per heavy atom. The van der Waals surface area contributed by atoms with Gasteiger partial charge in [0.25, 0.3) is 0 Å². The number of aryl methyl sites for hydroxylation is 1. The summed E-state index contributed by atoms with van der Waals surface area (Å²) in [6.07, 6.45) is 2.23. The molecule has 0 radical (unpaired) electrons. The van der Waals surface area contributed by atoms with E-state index >= 15 is 0 Å². The fourth-order valence-corrected chi connectivity index (χ4v) is 1.35. The molecule has 0 N–H and O–H groups in total. The topological polar surface area (TPSA) is 26.3 Å². The van der Waals surface area contributed by atoms with Gasteiger partial charge in [-0.05, 0) is 37.8 Å². The van der Waals surface area contributed by atoms with E-state index in [0.717, 1.165) is 18.4 Å². The summed E-state index contributed by atoms with van der Waals surface area (Å²) in [4.78, 5) is 11.5. The van der Waals surface area contributed by atoms with Gasteiger partial charge in [-0.3, -0.25) is 0 Å². The molecule has 80 valence electrons. The maximum absolute atomic E-state index is 13.3. The van der Waals surface area contributed by atoms with Crippen LogP contribution in [-0.4, -0.2) is 12.6 Å². The van der Waals surface area contributed by atoms with E-state index in [1.807, 2.05) is 6.92 Å². The van der Waals surface area contributed by atoms with E-state index in [1.165, 1.54) is 12.1 Å². The predicted molar refractivity (Wildman–Crippen MR) is 54.1 cm³/mol. The molecule has 0 aromatic heterocycles. The van der Waals surface area contributed by atoms with Crippen molar-refractivity contribution < 1.29 is 13.9 Å². The maximum Gasteiger partial charge on any atom is 0.341 e. The van der Waals surface area contributed by atoms with Crippen LogP contribution in [0.4, 0.5) is 4.39 Å². The van der Waals surface area contributed by atoms with Crippen molar-refractivity contribution in [3.63, 3.8) is 0 Å². The SMILES string of the molecule is Cc1ccc(F)c(C(=O)OCC2CC2)c1. The molecule has 0 spiro atoms. The first-order chi connectivity index (χ1) is 7.16. The molecular weight excluding hydrogens is 195 g/mol. The molecule has 15 heavy (non-hydrogen) atoms. The van der Waals surface area contributed by atoms with Crippen molar-refractivity contribution in [2.45, 2.75) is 19.8 Å². The molecule has 1 aromatic carbocycles. The van der Waals surface area contributed by atoms with Crippen LogP contribution in [0, 0.1) is 18.7 Å². The Morgan fingerprint density at radius 3 is 2.93 bits per heavy atom. The number of esters is 1. The number of hydrogen-bond donors (Lipinski definition) is 0. The number of halogens is 1. The van der Waals surface area contributed by atoms with Gasteiger partial charge in [0.05, 0.1) is 12.2 Å². The summed E-state index contributed by atoms with van der Waals surface area (Å²) in [5, 5.41) is 0. The largest absolute Gasteiger partial charge is 0.462 e. The van der Waals surface area contributed by atoms with Crippen molar-refractivity contribution >= 4 is 5.97 Å². The molecule has 0 saturated heterocycles. The van der Waals surface area contributed by atoms with E-state index in [0.29, 0.717) is 12.5 Å². The number of benzene rings is 1. The summed E-state index contributed by atoms with van der Waals surface area (Å²) in [6, 6.07) is 4.45. The number of hydrogen-bond acceptors (Lipinski definition) is 2. The van der Waals surface area contributed by atoms with E-state index in [1.54, 1.807) is 6.07 Å². The van der Waals surface area contributed by atoms with Gasteiger partial charge in [0, 0.05) is 0 Å². The van der Waals surface area contributed by atoms with Crippen LogP contribution in [0.5, 0.6) is 0 Å². The minimum atomic E-state index is -0.553. The normalized spacial score (nSPS) is 15.1. The molecule has 1 aromatic rings. The van der Waals surface area contributed by atoms with E-state index < -0.39 is 11.8 Å². The molecule has 2 rings (SSSR count). The van der Waals surface area contributed by atoms with Gasteiger partial charge in [0.2, 0.25) is 0 Å². The van der Waals surface area contributed by atoms with Crippen LogP contribution in [0.1, 0.15) is 28.8 Å². The lowest BCUT2D eigenvalue weighted by atomic mass is 10.1. The Hall–Kier alpha value is -1.38. The fourth-order valence-electron chi connectivity index (χ4n) is 1.35. The summed E-state index contributed by atoms with van der Waals surface area (Å²) < 4.78 is 18.3. The molecule has 1 saturated carbocycles. The number of carbonyl (C=O) groups is 1. The zero-order chi connectivity index (χ0) is 10.8. The van der Waals surface area contributed by atoms with Crippen molar-refractivity contribution in [1.82, 2.24) is 0 Å². The molecule has 0 bridgehead atoms. The van der Waals surface area contributed by atoms with E-state index in [2.05, 4.69) is 0 Å². The van der Waals surface area contributed by atoms with Gasteiger partial charge >= 0.3 is 5.97 Å². The van der Waals surface area contributed by atoms with Crippen LogP contribution in [0.3, 0.4) is 0 Å². The number of carbonyl (C=O) groups excluding carboxylic acids is 1. The fraction of sp³-hybridized carbons (Fsp3) is 0.417. The number of rotatable bonds is 3. The molecule has 2 nitrogen and oxygen atoms in total. The molecule has 3 heteroatoms. The van der Waals surface area contributed by atoms with Gasteiger partial charge < -0.3 is 4.74 Å². The van der Waals surface area contributed by atoms with Gasteiger partial charge in [-0.15, -0.1) is 0 Å². The van der Waals surface area contributed by atoms with E-state index in [9.17, 15) is 9.18 Å². The van der Waals surface area contributed by atoms with Crippen molar-refractivity contribution in [2.24, 2.45) is 5.92 Å². The molecule has 1 aliphatic carbocycles. The second-order valence-electron chi connectivity index (χ2n) is 4.03. The first-order valence-electron chi connectivity index (χ1n) is 5.10. The van der Waals surface area contributed by atoms with Gasteiger partial charge in [-0.25, -0.2) is 9.18 Å². The first kappa shape index (κ1) is 10.1. The van der Waals surface area contributed by atoms with Gasteiger partial charge in [-0.2, -0.15) is 0 Å². The van der Waals surface area contributed by atoms with Crippen molar-refractivity contribution in [1.29, 1.82) is 0 Å². The molecule has 0 aliphatic heterocycles. The van der Waals surface area contributed by atoms with Crippen LogP contribution in [0.15, 0.2) is 18.2 Å². The minimum absolute atomic E-state index is 0.0376. The van der Waals surface area contributed by atoms with Crippen LogP contribution in [-0.2, 0) is 4.74 Å². The molecule has 0 unspecified atom stereocenters. The van der Waals surface area contributed by atoms with E-state index in [-0.39, 0.29) is 5.56 Å². The zero-order valence-corrected chi connectivity index (χ0v) is 8.63. The van der Waals surface area contributed by atoms with Crippen molar-refractivity contribution in [3.8, 4) is 0 Å². The quantitative estimate of drug-likeness (QED) is 0.714. The second-order valence-corrected chi connectivity index (χ2v) is 4.03. The minimum Gasteiger partial charge on any atom is -0.462 e. The summed E-state index contributed by atoms with van der Waals surface area (Å²) in [7, 11) is 0. The highest BCUT2D eigenvalue weighted by Crippen LogP contribution is 2.29. The van der Waals surface area contributed by atoms with Crippen molar-refractivity contribution in [2.75, 3.05) is 6.61 Å². The summed E-state index contributed by atoms with van der Waals surface area (Å²) >= 11 is 0. The molecule has 0 amide bonds. The Bertz CT molecular complexity index is 383. The van der Waals surface area contributed by atoms with E-state index in [4.69, 9.17) is 4.74 Å². The lowest BCUT2D eigenvalue weighted by Gasteiger charge is -2.05.